The molecule has 2 bridgehead atoms. The number of hydrogen-bond acceptors (Lipinski definition) is 0. The molecular formula is C11H18. The second-order valence-corrected chi connectivity index (χ2v) is 5.21. The molecule has 62 valence electrons. The molecule has 0 aromatic heterocycles. The van der Waals surface area contributed by atoms with Gasteiger partial charge in [-0.05, 0) is 48.9 Å². The Morgan fingerprint density at radius 2 is 1.45 bits per heavy atom. The molecule has 4 aliphatic carbocycles. The van der Waals surface area contributed by atoms with Crippen LogP contribution in [0.25, 0.3) is 0 Å². The maximum absolute atomic E-state index is 2.57. The molecule has 0 radical (unpaired) electrons. The lowest BCUT2D eigenvalue weighted by Crippen LogP contribution is -2.62. The summed E-state index contributed by atoms with van der Waals surface area (Å²) in [5, 5.41) is 0. The summed E-state index contributed by atoms with van der Waals surface area (Å²) < 4.78 is 0. The Balaban J connectivity index is 1.77. The summed E-state index contributed by atoms with van der Waals surface area (Å²) in [5.41, 5.74) is 0.858. The van der Waals surface area contributed by atoms with Gasteiger partial charge >= 0.3 is 0 Å². The Morgan fingerprint density at radius 3 is 1.82 bits per heavy atom. The smallest absolute Gasteiger partial charge is 0.0241 e. The van der Waals surface area contributed by atoms with Crippen LogP contribution in [0.15, 0.2) is 0 Å². The van der Waals surface area contributed by atoms with Crippen LogP contribution in [-0.2, 0) is 0 Å². The van der Waals surface area contributed by atoms with E-state index in [1.807, 2.05) is 0 Å². The predicted octanol–water partition coefficient (Wildman–Crippen LogP) is 3.22. The minimum absolute atomic E-state index is 0.858. The first-order valence-electron chi connectivity index (χ1n) is 5.32. The Morgan fingerprint density at radius 1 is 0.909 bits per heavy atom. The largest absolute Gasteiger partial charge is 0.0588 e. The van der Waals surface area contributed by atoms with Crippen molar-refractivity contribution in [2.24, 2.45) is 23.2 Å². The molecule has 4 rings (SSSR count). The molecule has 4 saturated carbocycles. The van der Waals surface area contributed by atoms with Crippen molar-refractivity contribution < 1.29 is 0 Å². The molecule has 0 unspecified atom stereocenters. The molecule has 0 heteroatoms. The van der Waals surface area contributed by atoms with E-state index in [0.29, 0.717) is 0 Å². The van der Waals surface area contributed by atoms with E-state index in [-0.39, 0.29) is 0 Å². The van der Waals surface area contributed by atoms with Crippen LogP contribution in [0.2, 0.25) is 0 Å². The van der Waals surface area contributed by atoms with Gasteiger partial charge in [0.15, 0.2) is 0 Å². The van der Waals surface area contributed by atoms with Crippen LogP contribution in [0.1, 0.15) is 45.4 Å². The van der Waals surface area contributed by atoms with Gasteiger partial charge in [-0.3, -0.25) is 0 Å². The zero-order chi connectivity index (χ0) is 7.47. The van der Waals surface area contributed by atoms with Crippen LogP contribution in [0, 0.1) is 23.2 Å². The van der Waals surface area contributed by atoms with Crippen molar-refractivity contribution in [3.63, 3.8) is 0 Å². The Labute approximate surface area is 69.4 Å². The van der Waals surface area contributed by atoms with Gasteiger partial charge < -0.3 is 0 Å². The SMILES string of the molecule is CC1(C2CCCC2)C2CC1C2. The predicted molar refractivity (Wildman–Crippen MR) is 46.3 cm³/mol. The minimum atomic E-state index is 0.858. The average molecular weight is 150 g/mol. The fourth-order valence-electron chi connectivity index (χ4n) is 3.86. The van der Waals surface area contributed by atoms with Gasteiger partial charge in [0.1, 0.15) is 0 Å². The molecule has 0 N–H and O–H groups in total. The summed E-state index contributed by atoms with van der Waals surface area (Å²) in [5.74, 6) is 3.46. The lowest BCUT2D eigenvalue weighted by molar-refractivity contribution is -0.204. The standard InChI is InChI=1S/C11H18/c1-11(8-4-2-3-5-8)9-6-10(11)7-9/h8-10H,2-7H2,1H3. The lowest BCUT2D eigenvalue weighted by Gasteiger charge is -2.69. The van der Waals surface area contributed by atoms with E-state index >= 15 is 0 Å². The number of hydrogen-bond donors (Lipinski definition) is 0. The third kappa shape index (κ3) is 0.588. The second kappa shape index (κ2) is 1.84. The highest BCUT2D eigenvalue weighted by Crippen LogP contribution is 2.72. The summed E-state index contributed by atoms with van der Waals surface area (Å²) in [7, 11) is 0. The van der Waals surface area contributed by atoms with Gasteiger partial charge in [0.25, 0.3) is 0 Å². The Hall–Kier alpha value is 0. The molecule has 0 heterocycles. The van der Waals surface area contributed by atoms with E-state index in [1.54, 1.807) is 25.7 Å². The maximum Gasteiger partial charge on any atom is -0.0241 e. The van der Waals surface area contributed by atoms with Gasteiger partial charge in [-0.15, -0.1) is 0 Å². The van der Waals surface area contributed by atoms with E-state index < -0.39 is 0 Å². The van der Waals surface area contributed by atoms with Gasteiger partial charge in [-0.1, -0.05) is 19.8 Å². The van der Waals surface area contributed by atoms with Gasteiger partial charge in [-0.2, -0.15) is 0 Å². The van der Waals surface area contributed by atoms with Crippen molar-refractivity contribution >= 4 is 0 Å². The molecule has 0 aromatic carbocycles. The molecule has 0 spiro atoms. The first kappa shape index (κ1) is 6.51. The van der Waals surface area contributed by atoms with Crippen molar-refractivity contribution in [3.8, 4) is 0 Å². The van der Waals surface area contributed by atoms with E-state index in [0.717, 1.165) is 23.2 Å². The highest BCUT2D eigenvalue weighted by Gasteiger charge is 2.64. The molecular weight excluding hydrogens is 132 g/mol. The molecule has 4 aliphatic rings. The summed E-state index contributed by atoms with van der Waals surface area (Å²) in [6.45, 7) is 2.57. The maximum atomic E-state index is 2.57. The normalized spacial score (nSPS) is 55.4. The van der Waals surface area contributed by atoms with Crippen LogP contribution in [-0.4, -0.2) is 0 Å². The van der Waals surface area contributed by atoms with Crippen LogP contribution < -0.4 is 0 Å². The summed E-state index contributed by atoms with van der Waals surface area (Å²) in [6, 6.07) is 0. The second-order valence-electron chi connectivity index (χ2n) is 5.21. The molecule has 4 fully saturated rings. The minimum Gasteiger partial charge on any atom is -0.0588 e. The molecule has 0 saturated heterocycles. The van der Waals surface area contributed by atoms with Crippen LogP contribution >= 0.6 is 0 Å². The highest BCUT2D eigenvalue weighted by molar-refractivity contribution is 5.13. The van der Waals surface area contributed by atoms with Crippen molar-refractivity contribution in [2.75, 3.05) is 0 Å². The summed E-state index contributed by atoms with van der Waals surface area (Å²) in [4.78, 5) is 0. The topological polar surface area (TPSA) is 0 Å². The van der Waals surface area contributed by atoms with Crippen LogP contribution in [0.4, 0.5) is 0 Å². The van der Waals surface area contributed by atoms with Gasteiger partial charge in [0, 0.05) is 0 Å². The molecule has 0 amide bonds. The first-order chi connectivity index (χ1) is 5.32. The van der Waals surface area contributed by atoms with Crippen molar-refractivity contribution in [2.45, 2.75) is 45.4 Å². The zero-order valence-electron chi connectivity index (χ0n) is 7.47. The van der Waals surface area contributed by atoms with Crippen molar-refractivity contribution in [1.82, 2.24) is 0 Å². The first-order valence-corrected chi connectivity index (χ1v) is 5.32. The van der Waals surface area contributed by atoms with Crippen LogP contribution in [0.3, 0.4) is 0 Å². The fourth-order valence-corrected chi connectivity index (χ4v) is 3.86. The van der Waals surface area contributed by atoms with Crippen LogP contribution in [0.5, 0.6) is 0 Å². The Bertz CT molecular complexity index is 162. The Kier molecular flexibility index (Phi) is 1.09. The summed E-state index contributed by atoms with van der Waals surface area (Å²) >= 11 is 0. The molecule has 0 nitrogen and oxygen atoms in total. The quantitative estimate of drug-likeness (QED) is 0.538. The zero-order valence-corrected chi connectivity index (χ0v) is 7.47. The van der Waals surface area contributed by atoms with E-state index in [1.165, 1.54) is 12.8 Å². The highest BCUT2D eigenvalue weighted by atomic mass is 14.7. The lowest BCUT2D eigenvalue weighted by atomic mass is 9.35. The molecule has 11 heavy (non-hydrogen) atoms. The monoisotopic (exact) mass is 150 g/mol. The molecule has 0 atom stereocenters. The van der Waals surface area contributed by atoms with Crippen molar-refractivity contribution in [3.05, 3.63) is 0 Å². The van der Waals surface area contributed by atoms with E-state index in [2.05, 4.69) is 6.92 Å². The van der Waals surface area contributed by atoms with Gasteiger partial charge in [0.05, 0.1) is 0 Å². The van der Waals surface area contributed by atoms with Gasteiger partial charge in [0.2, 0.25) is 0 Å². The molecule has 0 aliphatic heterocycles. The van der Waals surface area contributed by atoms with Gasteiger partial charge in [-0.25, -0.2) is 0 Å². The average Bonchev–Trinajstić information content (AvgIpc) is 2.30. The fraction of sp³-hybridized carbons (Fsp3) is 1.00. The third-order valence-corrected chi connectivity index (χ3v) is 5.13. The third-order valence-electron chi connectivity index (χ3n) is 5.13. The van der Waals surface area contributed by atoms with E-state index in [9.17, 15) is 0 Å². The molecule has 0 aromatic rings. The van der Waals surface area contributed by atoms with E-state index in [4.69, 9.17) is 0 Å². The summed E-state index contributed by atoms with van der Waals surface area (Å²) in [6.07, 6.45) is 9.35. The van der Waals surface area contributed by atoms with Crippen molar-refractivity contribution in [1.29, 1.82) is 0 Å². The number of rotatable bonds is 1.